The summed E-state index contributed by atoms with van der Waals surface area (Å²) in [5, 5.41) is 2.31. The molecule has 1 aromatic rings. The first kappa shape index (κ1) is 12.8. The fourth-order valence-electron chi connectivity index (χ4n) is 1.13. The lowest BCUT2D eigenvalue weighted by Gasteiger charge is -2.06. The van der Waals surface area contributed by atoms with Crippen LogP contribution in [0.1, 0.15) is 0 Å². The number of amides is 1. The van der Waals surface area contributed by atoms with E-state index in [9.17, 15) is 14.4 Å². The fraction of sp³-hybridized carbons (Fsp3) is 0.300. The second kappa shape index (κ2) is 5.69. The molecule has 17 heavy (non-hydrogen) atoms. The number of aromatic nitrogens is 1. The van der Waals surface area contributed by atoms with E-state index in [2.05, 4.69) is 10.1 Å². The number of pyridine rings is 1. The van der Waals surface area contributed by atoms with Gasteiger partial charge in [-0.25, -0.2) is 0 Å². The van der Waals surface area contributed by atoms with Crippen LogP contribution in [0.25, 0.3) is 0 Å². The van der Waals surface area contributed by atoms with Gasteiger partial charge in [0.25, 0.3) is 5.56 Å². The van der Waals surface area contributed by atoms with Gasteiger partial charge in [-0.15, -0.1) is 0 Å². The lowest BCUT2D eigenvalue weighted by Crippen LogP contribution is -2.35. The van der Waals surface area contributed by atoms with Gasteiger partial charge in [-0.05, 0) is 6.07 Å². The molecule has 1 amide bonds. The van der Waals surface area contributed by atoms with Crippen LogP contribution in [0.15, 0.2) is 23.1 Å². The molecule has 0 bridgehead atoms. The average molecular weight is 239 g/mol. The highest BCUT2D eigenvalue weighted by molar-refractivity contribution is 5.81. The fourth-order valence-corrected chi connectivity index (χ4v) is 1.13. The zero-order valence-electron chi connectivity index (χ0n) is 9.30. The van der Waals surface area contributed by atoms with Gasteiger partial charge in [-0.3, -0.25) is 14.4 Å². The van der Waals surface area contributed by atoms with Crippen LogP contribution in [0.3, 0.4) is 0 Å². The maximum Gasteiger partial charge on any atom is 0.325 e. The Morgan fingerprint density at radius 1 is 1.47 bits per heavy atom. The molecule has 0 unspecified atom stereocenters. The first-order valence-electron chi connectivity index (χ1n) is 4.82. The number of nitrogen functional groups attached to an aromatic ring is 1. The Morgan fingerprint density at radius 2 is 2.18 bits per heavy atom. The molecular formula is C10H13N3O4. The Morgan fingerprint density at radius 3 is 2.82 bits per heavy atom. The van der Waals surface area contributed by atoms with Crippen LogP contribution in [0.2, 0.25) is 0 Å². The van der Waals surface area contributed by atoms with E-state index in [4.69, 9.17) is 5.73 Å². The number of hydrogen-bond donors (Lipinski definition) is 2. The normalized spacial score (nSPS) is 9.71. The van der Waals surface area contributed by atoms with Gasteiger partial charge in [0.05, 0.1) is 7.11 Å². The Balaban J connectivity index is 2.59. The topological polar surface area (TPSA) is 103 Å². The molecule has 0 aromatic carbocycles. The maximum absolute atomic E-state index is 11.4. The van der Waals surface area contributed by atoms with Crippen molar-refractivity contribution < 1.29 is 14.3 Å². The molecule has 3 N–H and O–H groups in total. The summed E-state index contributed by atoms with van der Waals surface area (Å²) in [6.07, 6.45) is 1.36. The van der Waals surface area contributed by atoms with Gasteiger partial charge in [-0.2, -0.15) is 0 Å². The summed E-state index contributed by atoms with van der Waals surface area (Å²) in [5.74, 6) is -1.03. The highest BCUT2D eigenvalue weighted by Crippen LogP contribution is 1.95. The summed E-state index contributed by atoms with van der Waals surface area (Å²) in [7, 11) is 1.22. The molecule has 7 heteroatoms. The predicted octanol–water partition coefficient (Wildman–Crippen LogP) is -1.28. The molecule has 0 aliphatic heterocycles. The van der Waals surface area contributed by atoms with Gasteiger partial charge in [-0.1, -0.05) is 0 Å². The van der Waals surface area contributed by atoms with Crippen LogP contribution in [-0.2, 0) is 20.9 Å². The molecular weight excluding hydrogens is 226 g/mol. The Kier molecular flexibility index (Phi) is 4.27. The number of carbonyl (C=O) groups excluding carboxylic acids is 2. The minimum absolute atomic E-state index is 0.194. The monoisotopic (exact) mass is 239 g/mol. The summed E-state index contributed by atoms with van der Waals surface area (Å²) in [6, 6.07) is 2.72. The van der Waals surface area contributed by atoms with Crippen LogP contribution in [0.5, 0.6) is 0 Å². The van der Waals surface area contributed by atoms with E-state index < -0.39 is 11.9 Å². The van der Waals surface area contributed by atoms with Crippen molar-refractivity contribution in [3.05, 3.63) is 28.7 Å². The van der Waals surface area contributed by atoms with Crippen molar-refractivity contribution in [2.75, 3.05) is 19.4 Å². The summed E-state index contributed by atoms with van der Waals surface area (Å²) in [6.45, 7) is -0.423. The highest BCUT2D eigenvalue weighted by Gasteiger charge is 2.07. The minimum atomic E-state index is -0.557. The molecule has 1 aromatic heterocycles. The SMILES string of the molecule is COC(=O)CNC(=O)Cn1cc(N)ccc1=O. The smallest absolute Gasteiger partial charge is 0.325 e. The van der Waals surface area contributed by atoms with Gasteiger partial charge in [0.1, 0.15) is 13.1 Å². The van der Waals surface area contributed by atoms with Crippen molar-refractivity contribution >= 4 is 17.6 Å². The maximum atomic E-state index is 11.4. The highest BCUT2D eigenvalue weighted by atomic mass is 16.5. The lowest BCUT2D eigenvalue weighted by molar-refractivity contribution is -0.141. The van der Waals surface area contributed by atoms with Crippen LogP contribution in [0.4, 0.5) is 5.69 Å². The number of hydrogen-bond acceptors (Lipinski definition) is 5. The summed E-state index contributed by atoms with van der Waals surface area (Å²) in [4.78, 5) is 33.5. The van der Waals surface area contributed by atoms with E-state index in [-0.39, 0.29) is 18.6 Å². The van der Waals surface area contributed by atoms with Crippen molar-refractivity contribution in [3.63, 3.8) is 0 Å². The lowest BCUT2D eigenvalue weighted by atomic mass is 10.4. The number of nitrogens with zero attached hydrogens (tertiary/aromatic N) is 1. The van der Waals surface area contributed by atoms with Crippen molar-refractivity contribution in [1.29, 1.82) is 0 Å². The van der Waals surface area contributed by atoms with Gasteiger partial charge >= 0.3 is 5.97 Å². The summed E-state index contributed by atoms with van der Waals surface area (Å²) in [5.41, 5.74) is 5.52. The molecule has 1 heterocycles. The van der Waals surface area contributed by atoms with Gasteiger partial charge in [0, 0.05) is 18.0 Å². The number of methoxy groups -OCH3 is 1. The second-order valence-corrected chi connectivity index (χ2v) is 3.28. The first-order valence-corrected chi connectivity index (χ1v) is 4.82. The van der Waals surface area contributed by atoms with E-state index in [1.165, 1.54) is 25.4 Å². The molecule has 0 spiro atoms. The second-order valence-electron chi connectivity index (χ2n) is 3.28. The molecule has 0 saturated heterocycles. The van der Waals surface area contributed by atoms with Crippen LogP contribution < -0.4 is 16.6 Å². The number of nitrogens with two attached hydrogens (primary N) is 1. The van der Waals surface area contributed by atoms with Crippen molar-refractivity contribution in [2.24, 2.45) is 0 Å². The molecule has 7 nitrogen and oxygen atoms in total. The van der Waals surface area contributed by atoms with E-state index in [1.807, 2.05) is 0 Å². The third kappa shape index (κ3) is 3.98. The van der Waals surface area contributed by atoms with Crippen molar-refractivity contribution in [2.45, 2.75) is 6.54 Å². The number of nitrogens with one attached hydrogen (secondary N) is 1. The third-order valence-electron chi connectivity index (χ3n) is 1.98. The third-order valence-corrected chi connectivity index (χ3v) is 1.98. The molecule has 0 saturated carbocycles. The largest absolute Gasteiger partial charge is 0.468 e. The zero-order valence-corrected chi connectivity index (χ0v) is 9.30. The summed E-state index contributed by atoms with van der Waals surface area (Å²) >= 11 is 0. The molecule has 1 rings (SSSR count). The van der Waals surface area contributed by atoms with Gasteiger partial charge in [0.2, 0.25) is 5.91 Å². The van der Waals surface area contributed by atoms with E-state index in [1.54, 1.807) is 0 Å². The standard InChI is InChI=1S/C10H13N3O4/c1-17-10(16)4-12-8(14)6-13-5-7(11)2-3-9(13)15/h2-3,5H,4,6,11H2,1H3,(H,12,14). The van der Waals surface area contributed by atoms with Crippen LogP contribution in [0, 0.1) is 0 Å². The molecule has 0 radical (unpaired) electrons. The minimum Gasteiger partial charge on any atom is -0.468 e. The molecule has 0 fully saturated rings. The zero-order chi connectivity index (χ0) is 12.8. The summed E-state index contributed by atoms with van der Waals surface area (Å²) < 4.78 is 5.51. The number of esters is 1. The number of ether oxygens (including phenoxy) is 1. The van der Waals surface area contributed by atoms with Gasteiger partial charge < -0.3 is 20.4 Å². The van der Waals surface area contributed by atoms with E-state index >= 15 is 0 Å². The van der Waals surface area contributed by atoms with Crippen molar-refractivity contribution in [3.8, 4) is 0 Å². The van der Waals surface area contributed by atoms with Crippen LogP contribution >= 0.6 is 0 Å². The predicted molar refractivity (Wildman–Crippen MR) is 60.1 cm³/mol. The van der Waals surface area contributed by atoms with Crippen LogP contribution in [-0.4, -0.2) is 30.1 Å². The number of carbonyl (C=O) groups is 2. The Labute approximate surface area is 97.2 Å². The van der Waals surface area contributed by atoms with Gasteiger partial charge in [0.15, 0.2) is 0 Å². The number of rotatable bonds is 4. The average Bonchev–Trinajstić information content (AvgIpc) is 2.30. The molecule has 0 aliphatic carbocycles. The molecule has 92 valence electrons. The van der Waals surface area contributed by atoms with E-state index in [0.717, 1.165) is 4.57 Å². The molecule has 0 aliphatic rings. The number of anilines is 1. The molecule has 0 atom stereocenters. The first-order chi connectivity index (χ1) is 8.02. The quantitative estimate of drug-likeness (QED) is 0.637. The van der Waals surface area contributed by atoms with E-state index in [0.29, 0.717) is 5.69 Å². The van der Waals surface area contributed by atoms with Crippen molar-refractivity contribution in [1.82, 2.24) is 9.88 Å². The Bertz CT molecular complexity index is 481. The Hall–Kier alpha value is -2.31.